The molecule has 0 spiro atoms. The molecule has 9 rings (SSSR count). The molecule has 2 atom stereocenters. The summed E-state index contributed by atoms with van der Waals surface area (Å²) in [4.78, 5) is 0. The van der Waals surface area contributed by atoms with Gasteiger partial charge in [-0.1, -0.05) is 42.5 Å². The van der Waals surface area contributed by atoms with E-state index in [2.05, 4.69) is 7.90 Å². The number of nitrogens with two attached hydrogens (primary N) is 2. The number of rotatable bonds is 14. The average Bonchev–Trinajstić information content (AvgIpc) is 3.40. The van der Waals surface area contributed by atoms with Gasteiger partial charge in [0.1, 0.15) is 11.5 Å². The molecule has 0 aliphatic heterocycles. The Balaban J connectivity index is 0.000000250. The second kappa shape index (κ2) is 24.3. The average molecular weight is 1030 g/mol. The zero-order valence-electron chi connectivity index (χ0n) is 38.1. The van der Waals surface area contributed by atoms with Crippen molar-refractivity contribution in [2.45, 2.75) is 12.3 Å². The first-order valence-electron chi connectivity index (χ1n) is 22.2. The summed E-state index contributed by atoms with van der Waals surface area (Å²) in [7, 11) is 0. The number of phenolic OH excluding ortho intramolecular Hbond substituents is 4. The van der Waals surface area contributed by atoms with E-state index in [1.54, 1.807) is 54.6 Å². The van der Waals surface area contributed by atoms with Crippen molar-refractivity contribution in [2.24, 2.45) is 0 Å². The number of nitrogen functional groups attached to an aromatic ring is 2. The molecule has 0 amide bonds. The molecule has 0 bridgehead atoms. The number of anilines is 5. The first kappa shape index (κ1) is 50.6. The Labute approximate surface area is 428 Å². The Hall–Kier alpha value is -8.31. The van der Waals surface area contributed by atoms with Gasteiger partial charge in [0.15, 0.2) is 0 Å². The Morgan fingerprint density at radius 2 is 0.873 bits per heavy atom. The summed E-state index contributed by atoms with van der Waals surface area (Å²) in [5.41, 5.74) is 19.0. The van der Waals surface area contributed by atoms with Crippen LogP contribution in [0, 0.1) is 0 Å². The zero-order valence-corrected chi connectivity index (χ0v) is 40.2. The fourth-order valence-corrected chi connectivity index (χ4v) is 9.45. The molecule has 71 heavy (non-hydrogen) atoms. The van der Waals surface area contributed by atoms with Gasteiger partial charge in [0, 0.05) is 16.3 Å². The van der Waals surface area contributed by atoms with Crippen LogP contribution in [0.5, 0.6) is 23.0 Å². The molecule has 11 nitrogen and oxygen atoms in total. The van der Waals surface area contributed by atoms with Crippen LogP contribution in [0.4, 0.5) is 34.1 Å². The third kappa shape index (κ3) is 12.5. The first-order valence-corrected chi connectivity index (χ1v) is 23.6. The number of hydrogen-bond acceptors (Lipinski definition) is 9. The molecule has 0 saturated carbocycles. The molecular weight excluding hydrogens is 979 g/mol. The summed E-state index contributed by atoms with van der Waals surface area (Å²) in [5.74, 6) is 0.634. The SMILES string of the molecule is Nc1ccc(=Cc2ccccc2O)c(=Cc2ccccc2O)c1N.O.Oc1ccccc1C([N]c1ccccc1)[N]([Co][N](c1ccccc1)C(c1ccccc1O)[N]([Co])c1ccccc1)c1ccccc1. The normalized spacial score (nSPS) is 12.1. The molecular formula is C58H52Co2N6O5. The van der Waals surface area contributed by atoms with Crippen LogP contribution in [0.1, 0.15) is 34.6 Å². The summed E-state index contributed by atoms with van der Waals surface area (Å²) < 4.78 is 6.14. The predicted molar refractivity (Wildman–Crippen MR) is 278 cm³/mol. The third-order valence-corrected chi connectivity index (χ3v) is 13.0. The number of para-hydroxylation sites is 8. The minimum atomic E-state index is -0.633. The van der Waals surface area contributed by atoms with Crippen molar-refractivity contribution >= 4 is 46.3 Å². The van der Waals surface area contributed by atoms with Gasteiger partial charge in [0.05, 0.1) is 11.4 Å². The number of phenols is 4. The molecule has 0 fully saturated rings. The second-order valence-corrected chi connectivity index (χ2v) is 17.5. The fraction of sp³-hybridized carbons (Fsp3) is 0.0345. The van der Waals surface area contributed by atoms with E-state index in [1.807, 2.05) is 192 Å². The van der Waals surface area contributed by atoms with E-state index in [9.17, 15) is 20.4 Å². The van der Waals surface area contributed by atoms with Crippen LogP contribution >= 0.6 is 0 Å². The van der Waals surface area contributed by atoms with Crippen LogP contribution in [0.3, 0.4) is 0 Å². The van der Waals surface area contributed by atoms with Gasteiger partial charge in [-0.2, -0.15) is 0 Å². The summed E-state index contributed by atoms with van der Waals surface area (Å²) in [6, 6.07) is 72.0. The van der Waals surface area contributed by atoms with E-state index in [1.165, 1.54) is 0 Å². The van der Waals surface area contributed by atoms with Gasteiger partial charge in [-0.3, -0.25) is 0 Å². The van der Waals surface area contributed by atoms with Crippen LogP contribution in [-0.2, 0) is 31.1 Å². The Bertz CT molecular complexity index is 3250. The van der Waals surface area contributed by atoms with Gasteiger partial charge in [0.25, 0.3) is 0 Å². The molecule has 0 aromatic heterocycles. The number of aromatic hydroxyl groups is 4. The van der Waals surface area contributed by atoms with Gasteiger partial charge in [-0.05, 0) is 35.6 Å². The summed E-state index contributed by atoms with van der Waals surface area (Å²) in [6.45, 7) is 0. The summed E-state index contributed by atoms with van der Waals surface area (Å²) in [6.07, 6.45) is 2.40. The molecule has 2 unspecified atom stereocenters. The molecule has 0 heterocycles. The van der Waals surface area contributed by atoms with Crippen molar-refractivity contribution in [3.05, 3.63) is 263 Å². The monoisotopic (exact) mass is 1030 g/mol. The quantitative estimate of drug-likeness (QED) is 0.0455. The molecule has 9 aromatic carbocycles. The molecule has 1 radical (unpaired) electrons. The van der Waals surface area contributed by atoms with Crippen molar-refractivity contribution in [1.29, 1.82) is 0 Å². The van der Waals surface area contributed by atoms with Gasteiger partial charge in [-0.15, -0.1) is 0 Å². The van der Waals surface area contributed by atoms with Crippen molar-refractivity contribution < 1.29 is 57.0 Å². The van der Waals surface area contributed by atoms with Gasteiger partial charge in [0.2, 0.25) is 0 Å². The van der Waals surface area contributed by atoms with E-state index in [4.69, 9.17) is 32.7 Å². The second-order valence-electron chi connectivity index (χ2n) is 15.7. The molecule has 10 N–H and O–H groups in total. The van der Waals surface area contributed by atoms with Crippen molar-refractivity contribution in [3.8, 4) is 23.0 Å². The molecule has 13 heteroatoms. The third-order valence-electron chi connectivity index (χ3n) is 11.0. The van der Waals surface area contributed by atoms with Gasteiger partial charge in [-0.25, -0.2) is 0 Å². The van der Waals surface area contributed by atoms with Gasteiger partial charge >= 0.3 is 286 Å². The molecule has 0 aliphatic rings. The first-order chi connectivity index (χ1) is 34.2. The van der Waals surface area contributed by atoms with Gasteiger partial charge < -0.3 is 27.2 Å². The number of nitrogens with zero attached hydrogens (tertiary/aromatic N) is 4. The molecule has 0 aliphatic carbocycles. The number of benzene rings is 9. The Kier molecular flexibility index (Phi) is 17.3. The minimum absolute atomic E-state index is 0. The standard InChI is InChI=1S/C20H18N2O2.2C19H16N2O.2Co.H2O/c21-17-10-9-13(11-14-5-1-3-7-18(14)23)16(20(17)22)12-15-6-2-4-8-19(15)24;2*22-18-14-8-7-13-17(18)19(20-15-9-3-1-4-10-15)21-16-11-5-2-6-12-16;;;/h1-12,23-24H,21-22H2;2*1-14,19,22H;;;1H2/q;-2;-1;+1;+2;. The van der Waals surface area contributed by atoms with E-state index in [-0.39, 0.29) is 28.5 Å². The van der Waals surface area contributed by atoms with Crippen LogP contribution in [0.25, 0.3) is 12.2 Å². The van der Waals surface area contributed by atoms with Crippen molar-refractivity contribution in [2.75, 3.05) is 23.3 Å². The predicted octanol–water partition coefficient (Wildman–Crippen LogP) is 9.72. The van der Waals surface area contributed by atoms with E-state index >= 15 is 0 Å². The van der Waals surface area contributed by atoms with Crippen LogP contribution in [-0.4, -0.2) is 25.9 Å². The summed E-state index contributed by atoms with van der Waals surface area (Å²) in [5, 5.41) is 49.2. The van der Waals surface area contributed by atoms with E-state index in [0.717, 1.165) is 43.1 Å². The van der Waals surface area contributed by atoms with Crippen LogP contribution in [0.2, 0.25) is 0 Å². The van der Waals surface area contributed by atoms with Crippen molar-refractivity contribution in [1.82, 2.24) is 5.32 Å². The molecule has 362 valence electrons. The Morgan fingerprint density at radius 1 is 0.451 bits per heavy atom. The maximum atomic E-state index is 11.3. The van der Waals surface area contributed by atoms with Crippen LogP contribution < -0.4 is 39.1 Å². The van der Waals surface area contributed by atoms with Crippen LogP contribution in [0.15, 0.2) is 231 Å². The maximum absolute atomic E-state index is 11.3. The summed E-state index contributed by atoms with van der Waals surface area (Å²) >= 11 is 5.87. The molecule has 0 saturated heterocycles. The van der Waals surface area contributed by atoms with E-state index in [0.29, 0.717) is 38.8 Å². The fourth-order valence-electron chi connectivity index (χ4n) is 7.45. The van der Waals surface area contributed by atoms with Crippen molar-refractivity contribution in [3.63, 3.8) is 0 Å². The zero-order chi connectivity index (χ0) is 48.8. The molecule has 9 aromatic rings. The number of hydrogen-bond donors (Lipinski definition) is 6. The Morgan fingerprint density at radius 3 is 1.39 bits per heavy atom. The topological polar surface area (TPSA) is 188 Å². The van der Waals surface area contributed by atoms with E-state index < -0.39 is 12.3 Å².